The summed E-state index contributed by atoms with van der Waals surface area (Å²) in [6.45, 7) is 3.09. The molecule has 1 aliphatic carbocycles. The third-order valence-corrected chi connectivity index (χ3v) is 5.98. The zero-order valence-electron chi connectivity index (χ0n) is 18.0. The Kier molecular flexibility index (Phi) is 6.28. The van der Waals surface area contributed by atoms with Gasteiger partial charge in [-0.25, -0.2) is 0 Å². The second kappa shape index (κ2) is 9.10. The summed E-state index contributed by atoms with van der Waals surface area (Å²) in [5, 5.41) is 13.7. The Balaban J connectivity index is 1.51. The Morgan fingerprint density at radius 3 is 2.74 bits per heavy atom. The second-order valence-corrected chi connectivity index (χ2v) is 8.49. The Bertz CT molecular complexity index is 968. The van der Waals surface area contributed by atoms with Gasteiger partial charge in [0.05, 0.1) is 19.6 Å². The molecule has 2 aromatic carbocycles. The molecule has 0 spiro atoms. The van der Waals surface area contributed by atoms with E-state index in [-0.39, 0.29) is 24.8 Å². The van der Waals surface area contributed by atoms with Gasteiger partial charge in [-0.3, -0.25) is 9.59 Å². The summed E-state index contributed by atoms with van der Waals surface area (Å²) in [5.74, 6) is 0.451. The van der Waals surface area contributed by atoms with Crippen molar-refractivity contribution in [2.24, 2.45) is 0 Å². The molecule has 0 radical (unpaired) electrons. The van der Waals surface area contributed by atoms with Gasteiger partial charge in [-0.05, 0) is 49.1 Å². The van der Waals surface area contributed by atoms with Gasteiger partial charge < -0.3 is 20.1 Å². The quantitative estimate of drug-likeness (QED) is 0.443. The maximum atomic E-state index is 13.4. The van der Waals surface area contributed by atoms with Gasteiger partial charge in [-0.2, -0.15) is 0 Å². The number of benzene rings is 2. The first kappa shape index (κ1) is 21.4. The van der Waals surface area contributed by atoms with E-state index in [0.717, 1.165) is 35.4 Å². The van der Waals surface area contributed by atoms with E-state index in [1.165, 1.54) is 17.7 Å². The van der Waals surface area contributed by atoms with Crippen molar-refractivity contribution < 1.29 is 19.4 Å². The minimum Gasteiger partial charge on any atom is -0.493 e. The molecule has 1 fully saturated rings. The smallest absolute Gasteiger partial charge is 0.256 e. The molecular formula is C25H30N2O4. The number of anilines is 1. The van der Waals surface area contributed by atoms with Crippen LogP contribution in [0.1, 0.15) is 66.9 Å². The van der Waals surface area contributed by atoms with Crippen molar-refractivity contribution in [2.75, 3.05) is 11.9 Å². The molecule has 2 amide bonds. The molecule has 2 aromatic rings. The lowest BCUT2D eigenvalue weighted by molar-refractivity contribution is -0.115. The molecule has 0 bridgehead atoms. The Morgan fingerprint density at radius 2 is 1.97 bits per heavy atom. The van der Waals surface area contributed by atoms with E-state index in [4.69, 9.17) is 4.74 Å². The van der Waals surface area contributed by atoms with Gasteiger partial charge in [0, 0.05) is 16.8 Å². The maximum absolute atomic E-state index is 13.4. The standard InChI is InChI=1S/C25H30N2O4/c1-2-3-4-7-14-31-22-9-6-5-8-19(22)17-27(25(30)12-13-25)24(29)18-10-11-21-20(15-18)16-23(28)26-21/h5-6,8-11,15,30H,2-4,7,12-14,16-17H2,1H3,(H,26,28). The van der Waals surface area contributed by atoms with Crippen LogP contribution in [0.2, 0.25) is 0 Å². The third-order valence-electron chi connectivity index (χ3n) is 5.98. The first-order chi connectivity index (χ1) is 15.0. The lowest BCUT2D eigenvalue weighted by Crippen LogP contribution is -2.41. The number of carbonyl (C=O) groups excluding carboxylic acids is 2. The second-order valence-electron chi connectivity index (χ2n) is 8.49. The minimum atomic E-state index is -1.13. The average Bonchev–Trinajstić information content (AvgIpc) is 3.39. The van der Waals surface area contributed by atoms with Gasteiger partial charge in [-0.15, -0.1) is 0 Å². The summed E-state index contributed by atoms with van der Waals surface area (Å²) < 4.78 is 6.01. The van der Waals surface area contributed by atoms with Gasteiger partial charge in [0.15, 0.2) is 0 Å². The van der Waals surface area contributed by atoms with E-state index in [1.807, 2.05) is 24.3 Å². The van der Waals surface area contributed by atoms with E-state index in [9.17, 15) is 14.7 Å². The van der Waals surface area contributed by atoms with Crippen molar-refractivity contribution in [1.82, 2.24) is 4.90 Å². The van der Waals surface area contributed by atoms with Crippen molar-refractivity contribution in [3.05, 3.63) is 59.2 Å². The van der Waals surface area contributed by atoms with Crippen LogP contribution in [0.25, 0.3) is 0 Å². The molecule has 1 saturated carbocycles. The molecule has 2 N–H and O–H groups in total. The number of hydrogen-bond donors (Lipinski definition) is 2. The van der Waals surface area contributed by atoms with Gasteiger partial charge in [-0.1, -0.05) is 44.4 Å². The highest BCUT2D eigenvalue weighted by molar-refractivity contribution is 6.01. The van der Waals surface area contributed by atoms with Crippen LogP contribution in [0.5, 0.6) is 5.75 Å². The first-order valence-electron chi connectivity index (χ1n) is 11.2. The lowest BCUT2D eigenvalue weighted by Gasteiger charge is -2.29. The summed E-state index contributed by atoms with van der Waals surface area (Å²) >= 11 is 0. The fraction of sp³-hybridized carbons (Fsp3) is 0.440. The topological polar surface area (TPSA) is 78.9 Å². The fourth-order valence-electron chi connectivity index (χ4n) is 3.96. The van der Waals surface area contributed by atoms with E-state index in [2.05, 4.69) is 12.2 Å². The number of carbonyl (C=O) groups is 2. The summed E-state index contributed by atoms with van der Waals surface area (Å²) in [4.78, 5) is 26.6. The highest BCUT2D eigenvalue weighted by Gasteiger charge is 2.49. The normalized spacial score (nSPS) is 15.9. The van der Waals surface area contributed by atoms with Crippen molar-refractivity contribution >= 4 is 17.5 Å². The van der Waals surface area contributed by atoms with Crippen LogP contribution in [0.4, 0.5) is 5.69 Å². The van der Waals surface area contributed by atoms with Crippen LogP contribution in [0.3, 0.4) is 0 Å². The Labute approximate surface area is 183 Å². The molecule has 2 aliphatic rings. The van der Waals surface area contributed by atoms with Gasteiger partial charge in [0.1, 0.15) is 11.5 Å². The number of nitrogens with one attached hydrogen (secondary N) is 1. The number of fused-ring (bicyclic) bond motifs is 1. The highest BCUT2D eigenvalue weighted by Crippen LogP contribution is 2.41. The average molecular weight is 423 g/mol. The summed E-state index contributed by atoms with van der Waals surface area (Å²) in [6.07, 6.45) is 5.90. The fourth-order valence-corrected chi connectivity index (χ4v) is 3.96. The minimum absolute atomic E-state index is 0.0673. The van der Waals surface area contributed by atoms with Gasteiger partial charge in [0.2, 0.25) is 5.91 Å². The maximum Gasteiger partial charge on any atom is 0.256 e. The summed E-state index contributed by atoms with van der Waals surface area (Å²) in [5.41, 5.74) is 1.80. The molecule has 0 unspecified atom stereocenters. The first-order valence-corrected chi connectivity index (χ1v) is 11.2. The van der Waals surface area contributed by atoms with Crippen molar-refractivity contribution in [3.63, 3.8) is 0 Å². The van der Waals surface area contributed by atoms with E-state index in [1.54, 1.807) is 18.2 Å². The van der Waals surface area contributed by atoms with Crippen LogP contribution in [-0.2, 0) is 17.8 Å². The molecule has 1 aliphatic heterocycles. The molecule has 6 nitrogen and oxygen atoms in total. The number of unbranched alkanes of at least 4 members (excludes halogenated alkanes) is 3. The molecule has 31 heavy (non-hydrogen) atoms. The van der Waals surface area contributed by atoms with Crippen molar-refractivity contribution in [2.45, 2.75) is 64.1 Å². The van der Waals surface area contributed by atoms with Crippen LogP contribution in [-0.4, -0.2) is 34.2 Å². The van der Waals surface area contributed by atoms with E-state index < -0.39 is 5.72 Å². The van der Waals surface area contributed by atoms with E-state index >= 15 is 0 Å². The zero-order chi connectivity index (χ0) is 21.8. The van der Waals surface area contributed by atoms with Crippen molar-refractivity contribution in [1.29, 1.82) is 0 Å². The van der Waals surface area contributed by atoms with Crippen molar-refractivity contribution in [3.8, 4) is 5.75 Å². The summed E-state index contributed by atoms with van der Waals surface area (Å²) in [6, 6.07) is 12.9. The van der Waals surface area contributed by atoms with Crippen LogP contribution in [0, 0.1) is 0 Å². The number of nitrogens with zero attached hydrogens (tertiary/aromatic N) is 1. The number of aliphatic hydroxyl groups is 1. The number of para-hydroxylation sites is 1. The number of amides is 2. The van der Waals surface area contributed by atoms with Crippen LogP contribution in [0.15, 0.2) is 42.5 Å². The van der Waals surface area contributed by atoms with Crippen LogP contribution < -0.4 is 10.1 Å². The predicted molar refractivity (Wildman–Crippen MR) is 119 cm³/mol. The predicted octanol–water partition coefficient (Wildman–Crippen LogP) is 4.27. The monoisotopic (exact) mass is 422 g/mol. The molecule has 164 valence electrons. The zero-order valence-corrected chi connectivity index (χ0v) is 18.0. The Hall–Kier alpha value is -2.86. The number of ether oxygens (including phenoxy) is 1. The molecule has 1 heterocycles. The Morgan fingerprint density at radius 1 is 1.16 bits per heavy atom. The van der Waals surface area contributed by atoms with Crippen LogP contribution >= 0.6 is 0 Å². The number of rotatable bonds is 10. The SMILES string of the molecule is CCCCCCOc1ccccc1CN(C(=O)c1ccc2c(c1)CC(=O)N2)C1(O)CC1. The molecule has 0 aromatic heterocycles. The van der Waals surface area contributed by atoms with Gasteiger partial charge in [0.25, 0.3) is 5.91 Å². The largest absolute Gasteiger partial charge is 0.493 e. The molecule has 0 saturated heterocycles. The molecule has 6 heteroatoms. The third kappa shape index (κ3) is 4.90. The molecular weight excluding hydrogens is 392 g/mol. The number of hydrogen-bond acceptors (Lipinski definition) is 4. The lowest BCUT2D eigenvalue weighted by atomic mass is 10.1. The molecule has 0 atom stereocenters. The highest BCUT2D eigenvalue weighted by atomic mass is 16.5. The summed E-state index contributed by atoms with van der Waals surface area (Å²) in [7, 11) is 0. The van der Waals surface area contributed by atoms with E-state index in [0.29, 0.717) is 25.0 Å². The molecule has 4 rings (SSSR count). The van der Waals surface area contributed by atoms with Gasteiger partial charge >= 0.3 is 0 Å².